The number of hydrogen-bond acceptors (Lipinski definition) is 4. The fourth-order valence-corrected chi connectivity index (χ4v) is 2.95. The maximum Gasteiger partial charge on any atom is 0.266 e. The third kappa shape index (κ3) is 3.15. The van der Waals surface area contributed by atoms with E-state index in [0.29, 0.717) is 6.08 Å². The van der Waals surface area contributed by atoms with E-state index in [0.717, 1.165) is 11.3 Å². The summed E-state index contributed by atoms with van der Waals surface area (Å²) in [4.78, 5) is 3.61. The lowest BCUT2D eigenvalue weighted by Crippen LogP contribution is -2.03. The molecule has 0 fully saturated rings. The zero-order valence-corrected chi connectivity index (χ0v) is 8.62. The second-order valence-electron chi connectivity index (χ2n) is 2.42. The van der Waals surface area contributed by atoms with Crippen LogP contribution in [0.2, 0.25) is 0 Å². The molecule has 3 nitrogen and oxygen atoms in total. The van der Waals surface area contributed by atoms with E-state index < -0.39 is 15.9 Å². The SMILES string of the molecule is O=S(=O)(CCC=C(F)F)c1cncs1. The highest BCUT2D eigenvalue weighted by Crippen LogP contribution is 2.16. The van der Waals surface area contributed by atoms with Gasteiger partial charge in [-0.05, 0) is 12.5 Å². The molecule has 0 bridgehead atoms. The number of aromatic nitrogens is 1. The summed E-state index contributed by atoms with van der Waals surface area (Å²) in [5.74, 6) is -0.313. The number of rotatable bonds is 4. The molecule has 0 aliphatic carbocycles. The Morgan fingerprint density at radius 2 is 2.29 bits per heavy atom. The van der Waals surface area contributed by atoms with Crippen LogP contribution in [0.4, 0.5) is 8.78 Å². The van der Waals surface area contributed by atoms with Crippen LogP contribution in [-0.2, 0) is 9.84 Å². The van der Waals surface area contributed by atoms with Gasteiger partial charge in [0.1, 0.15) is 4.21 Å². The van der Waals surface area contributed by atoms with Crippen molar-refractivity contribution in [3.63, 3.8) is 0 Å². The van der Waals surface area contributed by atoms with Gasteiger partial charge in [0.2, 0.25) is 0 Å². The Labute approximate surface area is 84.0 Å². The number of halogens is 2. The topological polar surface area (TPSA) is 47.0 Å². The van der Waals surface area contributed by atoms with Crippen LogP contribution in [0.3, 0.4) is 0 Å². The normalized spacial score (nSPS) is 11.3. The molecule has 0 spiro atoms. The molecule has 0 saturated heterocycles. The molecule has 0 aliphatic rings. The van der Waals surface area contributed by atoms with Gasteiger partial charge >= 0.3 is 0 Å². The third-order valence-electron chi connectivity index (χ3n) is 1.40. The second-order valence-corrected chi connectivity index (χ2v) is 5.64. The van der Waals surface area contributed by atoms with Gasteiger partial charge in [0.25, 0.3) is 6.08 Å². The van der Waals surface area contributed by atoms with Gasteiger partial charge in [0.15, 0.2) is 9.84 Å². The molecular formula is C7H7F2NO2S2. The molecule has 1 rings (SSSR count). The van der Waals surface area contributed by atoms with Crippen LogP contribution < -0.4 is 0 Å². The van der Waals surface area contributed by atoms with Crippen molar-refractivity contribution in [2.24, 2.45) is 0 Å². The van der Waals surface area contributed by atoms with Gasteiger partial charge < -0.3 is 0 Å². The minimum atomic E-state index is -3.43. The lowest BCUT2D eigenvalue weighted by atomic mass is 10.5. The molecule has 78 valence electrons. The van der Waals surface area contributed by atoms with E-state index in [4.69, 9.17) is 0 Å². The summed E-state index contributed by atoms with van der Waals surface area (Å²) in [6, 6.07) is 0. The predicted octanol–water partition coefficient (Wildman–Crippen LogP) is 2.09. The van der Waals surface area contributed by atoms with E-state index >= 15 is 0 Å². The van der Waals surface area contributed by atoms with E-state index in [9.17, 15) is 17.2 Å². The highest BCUT2D eigenvalue weighted by atomic mass is 32.2. The zero-order valence-electron chi connectivity index (χ0n) is 6.98. The smallest absolute Gasteiger partial charge is 0.252 e. The van der Waals surface area contributed by atoms with Crippen molar-refractivity contribution in [1.29, 1.82) is 0 Å². The van der Waals surface area contributed by atoms with Crippen LogP contribution in [0.15, 0.2) is 28.1 Å². The number of allylic oxidation sites excluding steroid dienone is 1. The third-order valence-corrected chi connectivity index (χ3v) is 4.51. The lowest BCUT2D eigenvalue weighted by molar-refractivity contribution is 0.418. The molecule has 1 aromatic heterocycles. The Hall–Kier alpha value is -0.820. The molecule has 1 heterocycles. The van der Waals surface area contributed by atoms with Crippen molar-refractivity contribution in [2.75, 3.05) is 5.75 Å². The number of sulfone groups is 1. The first-order chi connectivity index (χ1) is 6.52. The Morgan fingerprint density at radius 1 is 1.57 bits per heavy atom. The van der Waals surface area contributed by atoms with Crippen LogP contribution in [-0.4, -0.2) is 19.2 Å². The summed E-state index contributed by atoms with van der Waals surface area (Å²) in [5.41, 5.74) is 1.39. The number of thiazole rings is 1. The molecule has 0 saturated carbocycles. The standard InChI is InChI=1S/C7H7F2NO2S2/c8-6(9)2-1-3-14(11,12)7-4-10-5-13-7/h2,4-5H,1,3H2. The highest BCUT2D eigenvalue weighted by Gasteiger charge is 2.14. The summed E-state index contributed by atoms with van der Waals surface area (Å²) in [6.45, 7) is 0. The summed E-state index contributed by atoms with van der Waals surface area (Å²) >= 11 is 0.981. The first-order valence-corrected chi connectivity index (χ1v) is 6.18. The van der Waals surface area contributed by atoms with Crippen molar-refractivity contribution in [3.8, 4) is 0 Å². The van der Waals surface area contributed by atoms with E-state index in [1.807, 2.05) is 0 Å². The van der Waals surface area contributed by atoms with E-state index in [2.05, 4.69) is 4.98 Å². The second kappa shape index (κ2) is 4.61. The van der Waals surface area contributed by atoms with Crippen LogP contribution in [0, 0.1) is 0 Å². The predicted molar refractivity (Wildman–Crippen MR) is 49.1 cm³/mol. The van der Waals surface area contributed by atoms with E-state index in [1.54, 1.807) is 0 Å². The summed E-state index contributed by atoms with van der Waals surface area (Å²) in [5, 5.41) is 0. The van der Waals surface area contributed by atoms with Crippen LogP contribution in [0.25, 0.3) is 0 Å². The molecule has 0 aliphatic heterocycles. The highest BCUT2D eigenvalue weighted by molar-refractivity contribution is 7.93. The fourth-order valence-electron chi connectivity index (χ4n) is 0.781. The van der Waals surface area contributed by atoms with E-state index in [-0.39, 0.29) is 16.4 Å². The molecule has 14 heavy (non-hydrogen) atoms. The largest absolute Gasteiger partial charge is 0.266 e. The number of hydrogen-bond donors (Lipinski definition) is 0. The van der Waals surface area contributed by atoms with Gasteiger partial charge in [0.05, 0.1) is 17.5 Å². The van der Waals surface area contributed by atoms with Gasteiger partial charge in [-0.2, -0.15) is 8.78 Å². The molecule has 1 aromatic rings. The van der Waals surface area contributed by atoms with Gasteiger partial charge in [-0.15, -0.1) is 11.3 Å². The van der Waals surface area contributed by atoms with Crippen molar-refractivity contribution >= 4 is 21.2 Å². The average Bonchev–Trinajstić information content (AvgIpc) is 2.54. The maximum atomic E-state index is 11.6. The van der Waals surface area contributed by atoms with Crippen molar-refractivity contribution in [1.82, 2.24) is 4.98 Å². The Kier molecular flexibility index (Phi) is 3.70. The van der Waals surface area contributed by atoms with Gasteiger partial charge in [-0.25, -0.2) is 8.42 Å². The molecule has 0 atom stereocenters. The van der Waals surface area contributed by atoms with Gasteiger partial charge in [-0.3, -0.25) is 4.98 Å². The van der Waals surface area contributed by atoms with Crippen molar-refractivity contribution < 1.29 is 17.2 Å². The lowest BCUT2D eigenvalue weighted by Gasteiger charge is -1.96. The Morgan fingerprint density at radius 3 is 2.79 bits per heavy atom. The van der Waals surface area contributed by atoms with Crippen LogP contribution >= 0.6 is 11.3 Å². The molecule has 0 unspecified atom stereocenters. The maximum absolute atomic E-state index is 11.6. The summed E-state index contributed by atoms with van der Waals surface area (Å²) < 4.78 is 46.1. The minimum Gasteiger partial charge on any atom is -0.252 e. The molecule has 0 amide bonds. The molecule has 0 aromatic carbocycles. The van der Waals surface area contributed by atoms with Crippen LogP contribution in [0.5, 0.6) is 0 Å². The molecule has 0 radical (unpaired) electrons. The molecular weight excluding hydrogens is 232 g/mol. The molecule has 7 heteroatoms. The van der Waals surface area contributed by atoms with Gasteiger partial charge in [0, 0.05) is 0 Å². The van der Waals surface area contributed by atoms with Crippen molar-refractivity contribution in [3.05, 3.63) is 23.9 Å². The van der Waals surface area contributed by atoms with Crippen molar-refractivity contribution in [2.45, 2.75) is 10.6 Å². The minimum absolute atomic E-state index is 0.116. The summed E-state index contributed by atoms with van der Waals surface area (Å²) in [6.07, 6.45) is -0.221. The molecule has 0 N–H and O–H groups in total. The zero-order chi connectivity index (χ0) is 10.6. The Bertz CT molecular complexity index is 407. The fraction of sp³-hybridized carbons (Fsp3) is 0.286. The first kappa shape index (κ1) is 11.3. The average molecular weight is 239 g/mol. The summed E-state index contributed by atoms with van der Waals surface area (Å²) in [7, 11) is -3.43. The number of nitrogens with zero attached hydrogens (tertiary/aromatic N) is 1. The monoisotopic (exact) mass is 239 g/mol. The van der Waals surface area contributed by atoms with Gasteiger partial charge in [-0.1, -0.05) is 0 Å². The van der Waals surface area contributed by atoms with Crippen LogP contribution in [0.1, 0.15) is 6.42 Å². The van der Waals surface area contributed by atoms with E-state index in [1.165, 1.54) is 11.7 Å². The quantitative estimate of drug-likeness (QED) is 0.808. The Balaban J connectivity index is 2.65. The first-order valence-electron chi connectivity index (χ1n) is 3.65.